The van der Waals surface area contributed by atoms with Gasteiger partial charge in [-0.3, -0.25) is 0 Å². The Morgan fingerprint density at radius 1 is 1.50 bits per heavy atom. The van der Waals surface area contributed by atoms with Crippen molar-refractivity contribution in [3.05, 3.63) is 22.1 Å². The molecule has 0 unspecified atom stereocenters. The lowest BCUT2D eigenvalue weighted by Gasteiger charge is -1.82. The molecule has 0 aromatic carbocycles. The lowest BCUT2D eigenvalue weighted by Crippen LogP contribution is -1.86. The summed E-state index contributed by atoms with van der Waals surface area (Å²) in [5.41, 5.74) is 0. The minimum absolute atomic E-state index is 0. The van der Waals surface area contributed by atoms with Crippen LogP contribution in [0.3, 0.4) is 0 Å². The summed E-state index contributed by atoms with van der Waals surface area (Å²) in [7, 11) is 0. The predicted molar refractivity (Wildman–Crippen MR) is 34.6 cm³/mol. The number of hydrogen-bond donors (Lipinski definition) is 1. The molecule has 1 aromatic heterocycles. The Hall–Kier alpha value is -1.03. The number of hydrogen-bond acceptors (Lipinski definition) is 4. The van der Waals surface area contributed by atoms with Crippen LogP contribution in [0.15, 0.2) is 13.6 Å². The molecule has 1 rings (SSSR count). The lowest BCUT2D eigenvalue weighted by molar-refractivity contribution is 0.241. The summed E-state index contributed by atoms with van der Waals surface area (Å²) < 4.78 is 8.81. The molecular weight excluding hydrogens is 136 g/mol. The van der Waals surface area contributed by atoms with E-state index in [1.165, 1.54) is 0 Å². The van der Waals surface area contributed by atoms with Crippen LogP contribution < -0.4 is 5.82 Å². The van der Waals surface area contributed by atoms with Crippen molar-refractivity contribution in [3.63, 3.8) is 0 Å². The van der Waals surface area contributed by atoms with Crippen molar-refractivity contribution in [2.24, 2.45) is 0 Å². The van der Waals surface area contributed by atoms with E-state index < -0.39 is 5.82 Å². The number of aliphatic hydroxyl groups is 1. The molecule has 0 aliphatic carbocycles. The Kier molecular flexibility index (Phi) is 2.89. The minimum Gasteiger partial charge on any atom is -0.396 e. The van der Waals surface area contributed by atoms with Crippen molar-refractivity contribution in [1.82, 2.24) is 0 Å². The van der Waals surface area contributed by atoms with Crippen molar-refractivity contribution >= 4 is 0 Å². The molecule has 4 heteroatoms. The average molecular weight is 146 g/mol. The maximum Gasteiger partial charge on any atom is 0.519 e. The van der Waals surface area contributed by atoms with E-state index in [0.29, 0.717) is 5.76 Å². The van der Waals surface area contributed by atoms with Gasteiger partial charge in [0.1, 0.15) is 12.4 Å². The Balaban J connectivity index is 0.000000810. The summed E-state index contributed by atoms with van der Waals surface area (Å²) in [5.74, 6) is -0.237. The third kappa shape index (κ3) is 1.48. The first-order valence-electron chi connectivity index (χ1n) is 2.44. The van der Waals surface area contributed by atoms with Gasteiger partial charge in [0.25, 0.3) is 0 Å². The van der Waals surface area contributed by atoms with E-state index in [2.05, 4.69) is 8.83 Å². The number of aliphatic hydroxyl groups excluding tert-OH is 1. The van der Waals surface area contributed by atoms with Crippen LogP contribution in [0.5, 0.6) is 0 Å². The van der Waals surface area contributed by atoms with Crippen molar-refractivity contribution in [2.45, 2.75) is 21.0 Å². The molecule has 0 amide bonds. The molecule has 0 saturated heterocycles. The molecular formula is C6H10O4. The van der Waals surface area contributed by atoms with Gasteiger partial charge in [-0.1, -0.05) is 7.43 Å². The van der Waals surface area contributed by atoms with Crippen LogP contribution in [0.4, 0.5) is 0 Å². The van der Waals surface area contributed by atoms with Gasteiger partial charge in [-0.15, -0.1) is 0 Å². The fourth-order valence-electron chi connectivity index (χ4n) is 0.519. The van der Waals surface area contributed by atoms with Crippen LogP contribution in [0.2, 0.25) is 0 Å². The standard InChI is InChI=1S/C5H6O4.CH4/c1-3-4(2-6)9-5(7)8-3;/h6H,2H2,1H3;1H4. The summed E-state index contributed by atoms with van der Waals surface area (Å²) in [5, 5.41) is 8.44. The topological polar surface area (TPSA) is 63.6 Å². The molecule has 1 heterocycles. The summed E-state index contributed by atoms with van der Waals surface area (Å²) in [4.78, 5) is 10.2. The molecule has 0 fully saturated rings. The van der Waals surface area contributed by atoms with Crippen LogP contribution in [-0.2, 0) is 6.61 Å². The zero-order chi connectivity index (χ0) is 6.85. The van der Waals surface area contributed by atoms with E-state index in [1.807, 2.05) is 0 Å². The fourth-order valence-corrected chi connectivity index (χ4v) is 0.519. The molecule has 10 heavy (non-hydrogen) atoms. The Labute approximate surface area is 58.1 Å². The maximum absolute atomic E-state index is 10.2. The monoisotopic (exact) mass is 146 g/mol. The van der Waals surface area contributed by atoms with Gasteiger partial charge in [-0.25, -0.2) is 4.79 Å². The Morgan fingerprint density at radius 3 is 2.30 bits per heavy atom. The number of rotatable bonds is 1. The SMILES string of the molecule is C.Cc1oc(=O)oc1CO. The summed E-state index contributed by atoms with van der Waals surface area (Å²) in [6.07, 6.45) is 0. The van der Waals surface area contributed by atoms with Gasteiger partial charge in [-0.2, -0.15) is 0 Å². The first kappa shape index (κ1) is 8.97. The third-order valence-electron chi connectivity index (χ3n) is 0.979. The van der Waals surface area contributed by atoms with Gasteiger partial charge in [0.2, 0.25) is 0 Å². The zero-order valence-corrected chi connectivity index (χ0v) is 4.88. The second kappa shape index (κ2) is 3.22. The van der Waals surface area contributed by atoms with E-state index in [1.54, 1.807) is 6.92 Å². The van der Waals surface area contributed by atoms with Gasteiger partial charge in [-0.05, 0) is 6.92 Å². The van der Waals surface area contributed by atoms with Gasteiger partial charge in [0.05, 0.1) is 0 Å². The first-order valence-corrected chi connectivity index (χ1v) is 2.44. The predicted octanol–water partition coefficient (Wildman–Crippen LogP) is 0.670. The van der Waals surface area contributed by atoms with Gasteiger partial charge in [0, 0.05) is 0 Å². The van der Waals surface area contributed by atoms with Crippen molar-refractivity contribution in [3.8, 4) is 0 Å². The first-order chi connectivity index (χ1) is 4.24. The van der Waals surface area contributed by atoms with Crippen molar-refractivity contribution in [1.29, 1.82) is 0 Å². The smallest absolute Gasteiger partial charge is 0.396 e. The van der Waals surface area contributed by atoms with Gasteiger partial charge in [0.15, 0.2) is 5.76 Å². The lowest BCUT2D eigenvalue weighted by atomic mass is 10.4. The molecule has 0 atom stereocenters. The molecule has 4 nitrogen and oxygen atoms in total. The van der Waals surface area contributed by atoms with Gasteiger partial charge >= 0.3 is 5.82 Å². The summed E-state index contributed by atoms with van der Waals surface area (Å²) in [6.45, 7) is 1.26. The van der Waals surface area contributed by atoms with Crippen LogP contribution in [0.1, 0.15) is 18.9 Å². The highest BCUT2D eigenvalue weighted by molar-refractivity contribution is 4.97. The minimum atomic E-state index is -0.767. The fraction of sp³-hybridized carbons (Fsp3) is 0.500. The number of aryl methyl sites for hydroxylation is 1. The summed E-state index contributed by atoms with van der Waals surface area (Å²) >= 11 is 0. The maximum atomic E-state index is 10.2. The van der Waals surface area contributed by atoms with E-state index >= 15 is 0 Å². The van der Waals surface area contributed by atoms with E-state index in [0.717, 1.165) is 0 Å². The average Bonchev–Trinajstić information content (AvgIpc) is 2.10. The normalized spacial score (nSPS) is 9.00. The highest BCUT2D eigenvalue weighted by Gasteiger charge is 2.04. The molecule has 1 N–H and O–H groups in total. The molecule has 0 spiro atoms. The molecule has 0 aliphatic heterocycles. The van der Waals surface area contributed by atoms with Crippen LogP contribution in [-0.4, -0.2) is 5.11 Å². The van der Waals surface area contributed by atoms with Gasteiger partial charge < -0.3 is 13.9 Å². The van der Waals surface area contributed by atoms with Crippen LogP contribution in [0.25, 0.3) is 0 Å². The van der Waals surface area contributed by atoms with E-state index in [9.17, 15) is 4.79 Å². The second-order valence-corrected chi connectivity index (χ2v) is 1.59. The quantitative estimate of drug-likeness (QED) is 0.632. The Morgan fingerprint density at radius 2 is 2.10 bits per heavy atom. The van der Waals surface area contributed by atoms with Crippen molar-refractivity contribution in [2.75, 3.05) is 0 Å². The second-order valence-electron chi connectivity index (χ2n) is 1.59. The summed E-state index contributed by atoms with van der Waals surface area (Å²) in [6, 6.07) is 0. The van der Waals surface area contributed by atoms with Crippen molar-refractivity contribution < 1.29 is 13.9 Å². The molecule has 0 saturated carbocycles. The molecule has 0 radical (unpaired) electrons. The molecule has 1 aromatic rings. The third-order valence-corrected chi connectivity index (χ3v) is 0.979. The van der Waals surface area contributed by atoms with E-state index in [-0.39, 0.29) is 19.8 Å². The largest absolute Gasteiger partial charge is 0.519 e. The highest BCUT2D eigenvalue weighted by Crippen LogP contribution is 2.02. The zero-order valence-electron chi connectivity index (χ0n) is 4.88. The Bertz CT molecular complexity index is 244. The highest BCUT2D eigenvalue weighted by atomic mass is 16.6. The molecule has 0 bridgehead atoms. The molecule has 58 valence electrons. The molecule has 0 aliphatic rings. The van der Waals surface area contributed by atoms with E-state index in [4.69, 9.17) is 5.11 Å². The van der Waals surface area contributed by atoms with Crippen LogP contribution in [0, 0.1) is 6.92 Å². The van der Waals surface area contributed by atoms with Crippen LogP contribution >= 0.6 is 0 Å².